The lowest BCUT2D eigenvalue weighted by Crippen LogP contribution is -2.34. The molecule has 112 valence electrons. The molecule has 1 fully saturated rings. The number of rotatable bonds is 7. The van der Waals surface area contributed by atoms with E-state index in [2.05, 4.69) is 0 Å². The molecule has 0 aliphatic heterocycles. The van der Waals surface area contributed by atoms with Gasteiger partial charge in [-0.2, -0.15) is 0 Å². The van der Waals surface area contributed by atoms with Gasteiger partial charge in [-0.05, 0) is 24.7 Å². The molecule has 0 amide bonds. The maximum absolute atomic E-state index is 11.1. The van der Waals surface area contributed by atoms with Gasteiger partial charge in [0.1, 0.15) is 0 Å². The molecule has 1 saturated carbocycles. The molecular weight excluding hydrogens is 244 g/mol. The summed E-state index contributed by atoms with van der Waals surface area (Å²) in [4.78, 5) is 11.1. The zero-order chi connectivity index (χ0) is 14.4. The number of carbonyl (C=O) groups is 1. The number of carboxylic acids is 1. The van der Waals surface area contributed by atoms with Crippen molar-refractivity contribution in [2.45, 2.75) is 71.0 Å². The van der Waals surface area contributed by atoms with Gasteiger partial charge >= 0.3 is 5.97 Å². The second-order valence-electron chi connectivity index (χ2n) is 6.30. The van der Waals surface area contributed by atoms with Crippen LogP contribution in [0.4, 0.5) is 0 Å². The maximum Gasteiger partial charge on any atom is 0.306 e. The van der Waals surface area contributed by atoms with Crippen LogP contribution in [0.15, 0.2) is 0 Å². The molecule has 0 unspecified atom stereocenters. The van der Waals surface area contributed by atoms with Crippen molar-refractivity contribution in [3.8, 4) is 0 Å². The molecule has 19 heavy (non-hydrogen) atoms. The number of aliphatic carboxylic acids is 1. The van der Waals surface area contributed by atoms with Crippen LogP contribution in [0.1, 0.15) is 58.8 Å². The number of aliphatic hydroxyl groups is 2. The zero-order valence-corrected chi connectivity index (χ0v) is 12.1. The summed E-state index contributed by atoms with van der Waals surface area (Å²) < 4.78 is 0. The molecule has 0 aromatic heterocycles. The maximum atomic E-state index is 11.1. The Hall–Kier alpha value is -0.610. The van der Waals surface area contributed by atoms with Gasteiger partial charge in [-0.25, -0.2) is 0 Å². The molecule has 1 aliphatic rings. The van der Waals surface area contributed by atoms with Crippen LogP contribution in [-0.4, -0.2) is 33.5 Å². The fourth-order valence-corrected chi connectivity index (χ4v) is 3.00. The molecule has 0 radical (unpaired) electrons. The van der Waals surface area contributed by atoms with E-state index in [1.165, 1.54) is 19.3 Å². The van der Waals surface area contributed by atoms with E-state index in [4.69, 9.17) is 5.11 Å². The Morgan fingerprint density at radius 3 is 2.16 bits per heavy atom. The molecule has 0 saturated heterocycles. The summed E-state index contributed by atoms with van der Waals surface area (Å²) in [5, 5.41) is 29.1. The summed E-state index contributed by atoms with van der Waals surface area (Å²) in [7, 11) is 0. The molecule has 0 bridgehead atoms. The van der Waals surface area contributed by atoms with Crippen molar-refractivity contribution in [2.75, 3.05) is 0 Å². The van der Waals surface area contributed by atoms with Crippen molar-refractivity contribution in [3.05, 3.63) is 0 Å². The van der Waals surface area contributed by atoms with Crippen LogP contribution in [0.5, 0.6) is 0 Å². The third-order valence-electron chi connectivity index (χ3n) is 4.36. The monoisotopic (exact) mass is 272 g/mol. The first kappa shape index (κ1) is 16.4. The number of carboxylic acid groups (broad SMARTS) is 1. The second kappa shape index (κ2) is 7.85. The average molecular weight is 272 g/mol. The number of hydrogen-bond acceptors (Lipinski definition) is 3. The summed E-state index contributed by atoms with van der Waals surface area (Å²) >= 11 is 0. The molecular formula is C15H28O4. The van der Waals surface area contributed by atoms with E-state index >= 15 is 0 Å². The Labute approximate surface area is 115 Å². The Kier molecular flexibility index (Phi) is 6.80. The molecule has 3 atom stereocenters. The molecule has 0 spiro atoms. The molecule has 0 heterocycles. The fourth-order valence-electron chi connectivity index (χ4n) is 3.00. The first-order valence-corrected chi connectivity index (χ1v) is 7.50. The molecule has 1 rings (SSSR count). The Balaban J connectivity index is 2.41. The van der Waals surface area contributed by atoms with Crippen LogP contribution in [0.3, 0.4) is 0 Å². The van der Waals surface area contributed by atoms with Crippen LogP contribution in [0.25, 0.3) is 0 Å². The van der Waals surface area contributed by atoms with Crippen LogP contribution in [0.2, 0.25) is 0 Å². The molecule has 0 aromatic rings. The normalized spacial score (nSPS) is 22.2. The van der Waals surface area contributed by atoms with Crippen molar-refractivity contribution in [3.63, 3.8) is 0 Å². The summed E-state index contributed by atoms with van der Waals surface area (Å²) in [6.07, 6.45) is 4.95. The average Bonchev–Trinajstić information content (AvgIpc) is 2.35. The van der Waals surface area contributed by atoms with Crippen LogP contribution in [-0.2, 0) is 4.79 Å². The van der Waals surface area contributed by atoms with E-state index < -0.39 is 24.1 Å². The predicted octanol–water partition coefficient (Wildman–Crippen LogP) is 2.43. The first-order valence-electron chi connectivity index (χ1n) is 7.50. The van der Waals surface area contributed by atoms with Crippen molar-refractivity contribution < 1.29 is 20.1 Å². The van der Waals surface area contributed by atoms with Gasteiger partial charge in [-0.15, -0.1) is 0 Å². The van der Waals surface area contributed by atoms with Crippen LogP contribution >= 0.6 is 0 Å². The summed E-state index contributed by atoms with van der Waals surface area (Å²) in [5.41, 5.74) is 0. The highest BCUT2D eigenvalue weighted by Gasteiger charge is 2.29. The highest BCUT2D eigenvalue weighted by molar-refractivity contribution is 5.70. The van der Waals surface area contributed by atoms with Crippen LogP contribution in [0, 0.1) is 17.8 Å². The fraction of sp³-hybridized carbons (Fsp3) is 0.933. The smallest absolute Gasteiger partial charge is 0.306 e. The Morgan fingerprint density at radius 1 is 1.11 bits per heavy atom. The van der Waals surface area contributed by atoms with Crippen LogP contribution < -0.4 is 0 Å². The van der Waals surface area contributed by atoms with Gasteiger partial charge in [0.05, 0.1) is 18.1 Å². The van der Waals surface area contributed by atoms with Gasteiger partial charge < -0.3 is 15.3 Å². The predicted molar refractivity (Wildman–Crippen MR) is 73.8 cm³/mol. The minimum atomic E-state index is -0.926. The third kappa shape index (κ3) is 5.49. The topological polar surface area (TPSA) is 77.8 Å². The van der Waals surface area contributed by atoms with E-state index in [9.17, 15) is 15.0 Å². The van der Waals surface area contributed by atoms with Gasteiger partial charge in [-0.1, -0.05) is 46.0 Å². The molecule has 4 heteroatoms. The van der Waals surface area contributed by atoms with E-state index in [0.717, 1.165) is 12.8 Å². The number of hydrogen-bond donors (Lipinski definition) is 3. The van der Waals surface area contributed by atoms with Crippen molar-refractivity contribution >= 4 is 5.97 Å². The van der Waals surface area contributed by atoms with Gasteiger partial charge in [0.15, 0.2) is 0 Å². The molecule has 4 nitrogen and oxygen atoms in total. The SMILES string of the molecule is CC(C)[C@H](C[C@@H](O)[C@H](O)CC1CCCCC1)C(=O)O. The standard InChI is InChI=1S/C15H28O4/c1-10(2)12(15(18)19)9-14(17)13(16)8-11-6-4-3-5-7-11/h10-14,16-17H,3-9H2,1-2H3,(H,18,19)/t12-,13+,14+/m0/s1. The van der Waals surface area contributed by atoms with E-state index in [1.807, 2.05) is 13.8 Å². The van der Waals surface area contributed by atoms with E-state index in [1.54, 1.807) is 0 Å². The Morgan fingerprint density at radius 2 is 1.68 bits per heavy atom. The lowest BCUT2D eigenvalue weighted by atomic mass is 9.82. The summed E-state index contributed by atoms with van der Waals surface area (Å²) in [6.45, 7) is 3.66. The lowest BCUT2D eigenvalue weighted by Gasteiger charge is -2.28. The Bertz CT molecular complexity index is 271. The largest absolute Gasteiger partial charge is 0.481 e. The lowest BCUT2D eigenvalue weighted by molar-refractivity contribution is -0.145. The first-order chi connectivity index (χ1) is 8.91. The minimum absolute atomic E-state index is 0.0333. The van der Waals surface area contributed by atoms with Gasteiger partial charge in [0, 0.05) is 0 Å². The van der Waals surface area contributed by atoms with Crippen molar-refractivity contribution in [1.29, 1.82) is 0 Å². The molecule has 1 aliphatic carbocycles. The summed E-state index contributed by atoms with van der Waals surface area (Å²) in [5.74, 6) is -1.02. The van der Waals surface area contributed by atoms with Crippen molar-refractivity contribution in [2.24, 2.45) is 17.8 Å². The zero-order valence-electron chi connectivity index (χ0n) is 12.1. The van der Waals surface area contributed by atoms with E-state index in [-0.39, 0.29) is 12.3 Å². The number of aliphatic hydroxyl groups excluding tert-OH is 2. The van der Waals surface area contributed by atoms with E-state index in [0.29, 0.717) is 12.3 Å². The van der Waals surface area contributed by atoms with Gasteiger partial charge in [-0.3, -0.25) is 4.79 Å². The van der Waals surface area contributed by atoms with Crippen molar-refractivity contribution in [1.82, 2.24) is 0 Å². The molecule has 0 aromatic carbocycles. The molecule has 3 N–H and O–H groups in total. The highest BCUT2D eigenvalue weighted by atomic mass is 16.4. The highest BCUT2D eigenvalue weighted by Crippen LogP contribution is 2.29. The minimum Gasteiger partial charge on any atom is -0.481 e. The summed E-state index contributed by atoms with van der Waals surface area (Å²) in [6, 6.07) is 0. The van der Waals surface area contributed by atoms with Gasteiger partial charge in [0.2, 0.25) is 0 Å². The third-order valence-corrected chi connectivity index (χ3v) is 4.36. The van der Waals surface area contributed by atoms with Gasteiger partial charge in [0.25, 0.3) is 0 Å². The quantitative estimate of drug-likeness (QED) is 0.665. The second-order valence-corrected chi connectivity index (χ2v) is 6.30.